The third-order valence-electron chi connectivity index (χ3n) is 4.95. The summed E-state index contributed by atoms with van der Waals surface area (Å²) in [7, 11) is 0. The van der Waals surface area contributed by atoms with Gasteiger partial charge >= 0.3 is 0 Å². The number of benzene rings is 2. The van der Waals surface area contributed by atoms with Gasteiger partial charge in [0.25, 0.3) is 5.91 Å². The van der Waals surface area contributed by atoms with E-state index in [0.29, 0.717) is 13.1 Å². The molecular weight excluding hydrogens is 348 g/mol. The Hall–Kier alpha value is -3.02. The van der Waals surface area contributed by atoms with Gasteiger partial charge in [0.15, 0.2) is 0 Å². The van der Waals surface area contributed by atoms with E-state index in [9.17, 15) is 13.6 Å². The molecule has 0 radical (unpaired) electrons. The summed E-state index contributed by atoms with van der Waals surface area (Å²) in [4.78, 5) is 18.9. The van der Waals surface area contributed by atoms with Crippen LogP contribution in [0.3, 0.4) is 0 Å². The third kappa shape index (κ3) is 3.47. The van der Waals surface area contributed by atoms with E-state index < -0.39 is 5.82 Å². The fourth-order valence-corrected chi connectivity index (χ4v) is 3.61. The predicted molar refractivity (Wildman–Crippen MR) is 97.8 cm³/mol. The molecule has 0 saturated carbocycles. The number of amides is 1. The first-order valence-corrected chi connectivity index (χ1v) is 8.96. The zero-order valence-corrected chi connectivity index (χ0v) is 14.7. The zero-order valence-electron chi connectivity index (χ0n) is 14.7. The number of halogens is 2. The minimum atomic E-state index is -0.502. The second kappa shape index (κ2) is 7.31. The quantitative estimate of drug-likeness (QED) is 0.697. The molecule has 2 heterocycles. The average molecular weight is 367 g/mol. The summed E-state index contributed by atoms with van der Waals surface area (Å²) in [6, 6.07) is 12.3. The van der Waals surface area contributed by atoms with Crippen molar-refractivity contribution in [2.24, 2.45) is 0 Å². The molecule has 4 nitrogen and oxygen atoms in total. The molecule has 1 unspecified atom stereocenters. The van der Waals surface area contributed by atoms with Crippen molar-refractivity contribution in [3.05, 3.63) is 83.9 Å². The first-order chi connectivity index (χ1) is 13.1. The van der Waals surface area contributed by atoms with Crippen LogP contribution in [0.2, 0.25) is 0 Å². The van der Waals surface area contributed by atoms with Crippen LogP contribution in [-0.4, -0.2) is 33.4 Å². The van der Waals surface area contributed by atoms with Crippen molar-refractivity contribution in [2.45, 2.75) is 18.8 Å². The van der Waals surface area contributed by atoms with E-state index in [2.05, 4.69) is 4.98 Å². The maximum Gasteiger partial charge on any atom is 0.256 e. The molecule has 1 saturated heterocycles. The van der Waals surface area contributed by atoms with E-state index in [4.69, 9.17) is 0 Å². The Morgan fingerprint density at radius 2 is 1.85 bits per heavy atom. The van der Waals surface area contributed by atoms with E-state index >= 15 is 0 Å². The number of rotatable bonds is 3. The first-order valence-electron chi connectivity index (χ1n) is 8.96. The fourth-order valence-electron chi connectivity index (χ4n) is 3.61. The Kier molecular flexibility index (Phi) is 4.71. The van der Waals surface area contributed by atoms with E-state index in [-0.39, 0.29) is 23.2 Å². The van der Waals surface area contributed by atoms with E-state index in [1.54, 1.807) is 35.4 Å². The van der Waals surface area contributed by atoms with E-state index in [0.717, 1.165) is 24.4 Å². The van der Waals surface area contributed by atoms with Gasteiger partial charge in [-0.2, -0.15) is 0 Å². The summed E-state index contributed by atoms with van der Waals surface area (Å²) >= 11 is 0. The van der Waals surface area contributed by atoms with Gasteiger partial charge in [0, 0.05) is 37.1 Å². The molecule has 0 N–H and O–H groups in total. The molecule has 0 aliphatic carbocycles. The van der Waals surface area contributed by atoms with Crippen molar-refractivity contribution in [1.82, 2.24) is 14.5 Å². The van der Waals surface area contributed by atoms with Crippen LogP contribution in [-0.2, 0) is 0 Å². The highest BCUT2D eigenvalue weighted by molar-refractivity contribution is 5.94. The Morgan fingerprint density at radius 3 is 2.63 bits per heavy atom. The molecular formula is C21H19F2N3O. The van der Waals surface area contributed by atoms with Gasteiger partial charge < -0.3 is 9.47 Å². The number of carbonyl (C=O) groups is 1. The summed E-state index contributed by atoms with van der Waals surface area (Å²) < 4.78 is 29.1. The van der Waals surface area contributed by atoms with Crippen LogP contribution in [0.1, 0.15) is 34.9 Å². The number of hydrogen-bond donors (Lipinski definition) is 0. The lowest BCUT2D eigenvalue weighted by Crippen LogP contribution is -2.40. The molecule has 3 aromatic rings. The highest BCUT2D eigenvalue weighted by Crippen LogP contribution is 2.28. The third-order valence-corrected chi connectivity index (χ3v) is 4.95. The molecule has 6 heteroatoms. The maximum atomic E-state index is 14.0. The Morgan fingerprint density at radius 1 is 1.07 bits per heavy atom. The van der Waals surface area contributed by atoms with E-state index in [1.807, 2.05) is 10.8 Å². The molecule has 1 fully saturated rings. The van der Waals surface area contributed by atoms with Gasteiger partial charge in [0.1, 0.15) is 17.5 Å². The lowest BCUT2D eigenvalue weighted by atomic mass is 9.96. The molecule has 4 rings (SSSR count). The lowest BCUT2D eigenvalue weighted by Gasteiger charge is -2.32. The Balaban J connectivity index is 1.58. The fraction of sp³-hybridized carbons (Fsp3) is 0.238. The predicted octanol–water partition coefficient (Wildman–Crippen LogP) is 4.17. The van der Waals surface area contributed by atoms with Gasteiger partial charge in [-0.05, 0) is 49.2 Å². The van der Waals surface area contributed by atoms with Gasteiger partial charge in [-0.25, -0.2) is 13.8 Å². The molecule has 1 atom stereocenters. The standard InChI is InChI=1S/C21H19F2N3O/c22-16-7-9-17(10-8-16)26-13-11-24-20(26)15-4-3-12-25(14-15)21(27)18-5-1-2-6-19(18)23/h1-2,5-11,13,15H,3-4,12,14H2. The monoisotopic (exact) mass is 367 g/mol. The first kappa shape index (κ1) is 17.4. The topological polar surface area (TPSA) is 38.1 Å². The SMILES string of the molecule is O=C(c1ccccc1F)N1CCCC(c2nccn2-c2ccc(F)cc2)C1. The molecule has 138 valence electrons. The van der Waals surface area contributed by atoms with Crippen LogP contribution in [0.25, 0.3) is 5.69 Å². The largest absolute Gasteiger partial charge is 0.338 e. The van der Waals surface area contributed by atoms with Crippen LogP contribution < -0.4 is 0 Å². The molecule has 1 aliphatic rings. The normalized spacial score (nSPS) is 17.1. The van der Waals surface area contributed by atoms with Gasteiger partial charge in [-0.15, -0.1) is 0 Å². The van der Waals surface area contributed by atoms with Crippen LogP contribution in [0, 0.1) is 11.6 Å². The summed E-state index contributed by atoms with van der Waals surface area (Å²) in [6.07, 6.45) is 5.25. The number of imidazole rings is 1. The molecule has 1 aromatic heterocycles. The summed E-state index contributed by atoms with van der Waals surface area (Å²) in [5, 5.41) is 0. The van der Waals surface area contributed by atoms with Crippen molar-refractivity contribution < 1.29 is 13.6 Å². The second-order valence-corrected chi connectivity index (χ2v) is 6.70. The van der Waals surface area contributed by atoms with Gasteiger partial charge in [0.2, 0.25) is 0 Å². The summed E-state index contributed by atoms with van der Waals surface area (Å²) in [6.45, 7) is 1.08. The van der Waals surface area contributed by atoms with Crippen LogP contribution in [0.5, 0.6) is 0 Å². The summed E-state index contributed by atoms with van der Waals surface area (Å²) in [5.74, 6) is -0.225. The number of aromatic nitrogens is 2. The van der Waals surface area contributed by atoms with Crippen molar-refractivity contribution in [2.75, 3.05) is 13.1 Å². The number of likely N-dealkylation sites (tertiary alicyclic amines) is 1. The highest BCUT2D eigenvalue weighted by atomic mass is 19.1. The summed E-state index contributed by atoms with van der Waals surface area (Å²) in [5.41, 5.74) is 0.918. The van der Waals surface area contributed by atoms with Crippen LogP contribution in [0.15, 0.2) is 60.9 Å². The minimum Gasteiger partial charge on any atom is -0.338 e. The minimum absolute atomic E-state index is 0.0366. The molecule has 27 heavy (non-hydrogen) atoms. The zero-order chi connectivity index (χ0) is 18.8. The van der Waals surface area contributed by atoms with Crippen LogP contribution in [0.4, 0.5) is 8.78 Å². The van der Waals surface area contributed by atoms with Gasteiger partial charge in [-0.3, -0.25) is 4.79 Å². The van der Waals surface area contributed by atoms with Gasteiger partial charge in [-0.1, -0.05) is 12.1 Å². The molecule has 2 aromatic carbocycles. The van der Waals surface area contributed by atoms with Crippen molar-refractivity contribution >= 4 is 5.91 Å². The van der Waals surface area contributed by atoms with Crippen molar-refractivity contribution in [3.8, 4) is 5.69 Å². The molecule has 1 amide bonds. The molecule has 1 aliphatic heterocycles. The Labute approximate surface area is 156 Å². The number of piperidine rings is 1. The van der Waals surface area contributed by atoms with E-state index in [1.165, 1.54) is 24.3 Å². The number of nitrogens with zero attached hydrogens (tertiary/aromatic N) is 3. The molecule has 0 bridgehead atoms. The van der Waals surface area contributed by atoms with Crippen molar-refractivity contribution in [1.29, 1.82) is 0 Å². The molecule has 0 spiro atoms. The lowest BCUT2D eigenvalue weighted by molar-refractivity contribution is 0.0699. The van der Waals surface area contributed by atoms with Gasteiger partial charge in [0.05, 0.1) is 5.56 Å². The maximum absolute atomic E-state index is 14.0. The average Bonchev–Trinajstić information content (AvgIpc) is 3.18. The number of hydrogen-bond acceptors (Lipinski definition) is 2. The van der Waals surface area contributed by atoms with Crippen molar-refractivity contribution in [3.63, 3.8) is 0 Å². The highest BCUT2D eigenvalue weighted by Gasteiger charge is 2.29. The smallest absolute Gasteiger partial charge is 0.256 e. The number of carbonyl (C=O) groups excluding carboxylic acids is 1. The van der Waals surface area contributed by atoms with Crippen LogP contribution >= 0.6 is 0 Å². The Bertz CT molecular complexity index is 952. The second-order valence-electron chi connectivity index (χ2n) is 6.70.